The molecular weight excluding hydrogens is 404 g/mol. The Hall–Kier alpha value is -2.62. The van der Waals surface area contributed by atoms with Crippen LogP contribution in [0.15, 0.2) is 47.2 Å². The lowest BCUT2D eigenvalue weighted by molar-refractivity contribution is 0.477. The van der Waals surface area contributed by atoms with Gasteiger partial charge in [0.05, 0.1) is 21.3 Å². The van der Waals surface area contributed by atoms with E-state index in [-0.39, 0.29) is 5.69 Å². The molecule has 0 aliphatic carbocycles. The molecule has 2 aromatic carbocycles. The molecule has 3 rings (SSSR count). The number of nitrogens with two attached hydrogens (primary N) is 1. The molecule has 0 amide bonds. The molecule has 2 N–H and O–H groups in total. The van der Waals surface area contributed by atoms with Crippen molar-refractivity contribution in [2.75, 3.05) is 5.73 Å². The fourth-order valence-corrected chi connectivity index (χ4v) is 3.41. The number of nitrogen functional groups attached to an aromatic ring is 1. The number of benzene rings is 2. The predicted molar refractivity (Wildman–Crippen MR) is 101 cm³/mol. The molecule has 1 aromatic heterocycles. The van der Waals surface area contributed by atoms with Crippen LogP contribution in [-0.4, -0.2) is 9.97 Å². The van der Waals surface area contributed by atoms with Crippen molar-refractivity contribution in [3.8, 4) is 29.0 Å². The van der Waals surface area contributed by atoms with Gasteiger partial charge in [0, 0.05) is 17.4 Å². The predicted octanol–water partition coefficient (Wildman–Crippen LogP) is 5.11. The Kier molecular flexibility index (Phi) is 4.88. The van der Waals surface area contributed by atoms with E-state index < -0.39 is 0 Å². The number of aryl methyl sites for hydroxylation is 1. The van der Waals surface area contributed by atoms with E-state index in [4.69, 9.17) is 22.1 Å². The van der Waals surface area contributed by atoms with E-state index in [1.807, 2.05) is 6.92 Å². The van der Waals surface area contributed by atoms with Crippen molar-refractivity contribution >= 4 is 33.2 Å². The summed E-state index contributed by atoms with van der Waals surface area (Å²) in [5.74, 6) is 1.44. The van der Waals surface area contributed by atoms with Crippen LogP contribution < -0.4 is 10.5 Å². The first-order chi connectivity index (χ1) is 12.0. The first-order valence-electron chi connectivity index (χ1n) is 7.24. The minimum Gasteiger partial charge on any atom is -0.455 e. The zero-order valence-corrected chi connectivity index (χ0v) is 15.5. The molecule has 0 aliphatic heterocycles. The van der Waals surface area contributed by atoms with Crippen molar-refractivity contribution in [1.82, 2.24) is 9.97 Å². The molecule has 5 nitrogen and oxygen atoms in total. The largest absolute Gasteiger partial charge is 0.455 e. The first kappa shape index (κ1) is 17.2. The highest BCUT2D eigenvalue weighted by atomic mass is 79.9. The molecule has 7 heteroatoms. The molecule has 0 bridgehead atoms. The van der Waals surface area contributed by atoms with Gasteiger partial charge >= 0.3 is 0 Å². The van der Waals surface area contributed by atoms with E-state index in [0.717, 1.165) is 5.56 Å². The Morgan fingerprint density at radius 1 is 1.24 bits per heavy atom. The second-order valence-electron chi connectivity index (χ2n) is 5.22. The summed E-state index contributed by atoms with van der Waals surface area (Å²) in [6.45, 7) is 1.89. The third-order valence-corrected chi connectivity index (χ3v) is 4.33. The maximum atomic E-state index is 9.26. The van der Waals surface area contributed by atoms with E-state index in [1.54, 1.807) is 42.7 Å². The summed E-state index contributed by atoms with van der Waals surface area (Å²) in [6.07, 6.45) is 3.21. The van der Waals surface area contributed by atoms with Crippen LogP contribution in [0.3, 0.4) is 0 Å². The Morgan fingerprint density at radius 3 is 2.60 bits per heavy atom. The topological polar surface area (TPSA) is 84.8 Å². The molecule has 0 saturated heterocycles. The normalized spacial score (nSPS) is 10.3. The van der Waals surface area contributed by atoms with Crippen molar-refractivity contribution in [2.24, 2.45) is 0 Å². The van der Waals surface area contributed by atoms with Gasteiger partial charge in [0.2, 0.25) is 0 Å². The zero-order chi connectivity index (χ0) is 18.0. The van der Waals surface area contributed by atoms with Crippen LogP contribution in [0.1, 0.15) is 11.1 Å². The van der Waals surface area contributed by atoms with Gasteiger partial charge in [-0.25, -0.2) is 9.97 Å². The van der Waals surface area contributed by atoms with Crippen LogP contribution in [-0.2, 0) is 0 Å². The molecule has 0 radical (unpaired) electrons. The van der Waals surface area contributed by atoms with Gasteiger partial charge in [-0.1, -0.05) is 11.6 Å². The average Bonchev–Trinajstić information content (AvgIpc) is 2.59. The van der Waals surface area contributed by atoms with Gasteiger partial charge in [0.25, 0.3) is 0 Å². The van der Waals surface area contributed by atoms with Gasteiger partial charge in [0.1, 0.15) is 17.6 Å². The number of aromatic nitrogens is 2. The van der Waals surface area contributed by atoms with Crippen LogP contribution in [0.5, 0.6) is 11.5 Å². The fraction of sp³-hybridized carbons (Fsp3) is 0.0556. The number of nitrogens with zero attached hydrogens (tertiary/aromatic N) is 3. The van der Waals surface area contributed by atoms with Crippen LogP contribution in [0.2, 0.25) is 5.02 Å². The monoisotopic (exact) mass is 414 g/mol. The second kappa shape index (κ2) is 7.09. The highest BCUT2D eigenvalue weighted by Crippen LogP contribution is 2.41. The van der Waals surface area contributed by atoms with Crippen LogP contribution in [0.25, 0.3) is 11.4 Å². The molecule has 3 aromatic rings. The summed E-state index contributed by atoms with van der Waals surface area (Å²) in [5.41, 5.74) is 8.09. The van der Waals surface area contributed by atoms with Crippen molar-refractivity contribution in [3.05, 3.63) is 63.3 Å². The summed E-state index contributed by atoms with van der Waals surface area (Å²) in [4.78, 5) is 8.47. The van der Waals surface area contributed by atoms with E-state index in [2.05, 4.69) is 32.0 Å². The van der Waals surface area contributed by atoms with E-state index in [1.165, 1.54) is 0 Å². The van der Waals surface area contributed by atoms with Gasteiger partial charge in [0.15, 0.2) is 5.82 Å². The maximum absolute atomic E-state index is 9.26. The molecule has 0 aliphatic rings. The first-order valence-corrected chi connectivity index (χ1v) is 8.42. The van der Waals surface area contributed by atoms with Crippen LogP contribution in [0.4, 0.5) is 5.69 Å². The summed E-state index contributed by atoms with van der Waals surface area (Å²) in [7, 11) is 0. The Balaban J connectivity index is 2.18. The number of rotatable bonds is 3. The summed E-state index contributed by atoms with van der Waals surface area (Å²) >= 11 is 9.51. The third kappa shape index (κ3) is 3.43. The molecule has 0 saturated carbocycles. The number of halogens is 2. The SMILES string of the molecule is Cc1cc(Cl)cc(Br)c1Oc1ccc(C#N)c(N)c1-c1ncccn1. The van der Waals surface area contributed by atoms with Gasteiger partial charge in [-0.3, -0.25) is 0 Å². The average molecular weight is 416 g/mol. The minimum absolute atomic E-state index is 0.272. The number of hydrogen-bond acceptors (Lipinski definition) is 5. The molecule has 0 atom stereocenters. The lowest BCUT2D eigenvalue weighted by Gasteiger charge is -2.16. The van der Waals surface area contributed by atoms with Crippen LogP contribution >= 0.6 is 27.5 Å². The highest BCUT2D eigenvalue weighted by Gasteiger charge is 2.18. The van der Waals surface area contributed by atoms with Crippen molar-refractivity contribution < 1.29 is 4.74 Å². The quantitative estimate of drug-likeness (QED) is 0.601. The number of anilines is 1. The molecule has 124 valence electrons. The van der Waals surface area contributed by atoms with Gasteiger partial charge in [-0.15, -0.1) is 0 Å². The van der Waals surface area contributed by atoms with Crippen molar-refractivity contribution in [3.63, 3.8) is 0 Å². The smallest absolute Gasteiger partial charge is 0.165 e. The lowest BCUT2D eigenvalue weighted by atomic mass is 10.1. The minimum atomic E-state index is 0.272. The van der Waals surface area contributed by atoms with E-state index in [9.17, 15) is 5.26 Å². The zero-order valence-electron chi connectivity index (χ0n) is 13.1. The molecule has 0 spiro atoms. The van der Waals surface area contributed by atoms with Crippen molar-refractivity contribution in [1.29, 1.82) is 5.26 Å². The maximum Gasteiger partial charge on any atom is 0.165 e. The Labute approximate surface area is 158 Å². The molecule has 1 heterocycles. The van der Waals surface area contributed by atoms with E-state index >= 15 is 0 Å². The fourth-order valence-electron chi connectivity index (χ4n) is 2.37. The van der Waals surface area contributed by atoms with Gasteiger partial charge < -0.3 is 10.5 Å². The van der Waals surface area contributed by atoms with Crippen LogP contribution in [0, 0.1) is 18.3 Å². The van der Waals surface area contributed by atoms with E-state index in [0.29, 0.717) is 37.9 Å². The summed E-state index contributed by atoms with van der Waals surface area (Å²) in [6, 6.07) is 10.6. The number of ether oxygens (including phenoxy) is 1. The van der Waals surface area contributed by atoms with Gasteiger partial charge in [-0.2, -0.15) is 5.26 Å². The summed E-state index contributed by atoms with van der Waals surface area (Å²) in [5, 5.41) is 9.86. The Morgan fingerprint density at radius 2 is 1.96 bits per heavy atom. The third-order valence-electron chi connectivity index (χ3n) is 3.52. The number of nitriles is 1. The standard InChI is InChI=1S/C18H12BrClN4O/c1-10-7-12(20)8-13(19)17(10)25-14-4-3-11(9-21)16(22)15(14)18-23-5-2-6-24-18/h2-8H,22H2,1H3. The molecule has 0 fully saturated rings. The second-order valence-corrected chi connectivity index (χ2v) is 6.51. The highest BCUT2D eigenvalue weighted by molar-refractivity contribution is 9.10. The lowest BCUT2D eigenvalue weighted by Crippen LogP contribution is -2.01. The van der Waals surface area contributed by atoms with Crippen molar-refractivity contribution in [2.45, 2.75) is 6.92 Å². The molecule has 25 heavy (non-hydrogen) atoms. The Bertz CT molecular complexity index is 963. The molecular formula is C18H12BrClN4O. The van der Waals surface area contributed by atoms with Gasteiger partial charge in [-0.05, 0) is 58.7 Å². The summed E-state index contributed by atoms with van der Waals surface area (Å²) < 4.78 is 6.79. The molecule has 0 unspecified atom stereocenters. The number of hydrogen-bond donors (Lipinski definition) is 1.